The van der Waals surface area contributed by atoms with Crippen LogP contribution < -0.4 is 4.57 Å². The Bertz CT molecular complexity index is 488. The highest BCUT2D eigenvalue weighted by molar-refractivity contribution is 5.75. The first-order valence-corrected chi connectivity index (χ1v) is 4.34. The van der Waals surface area contributed by atoms with Crippen molar-refractivity contribution < 1.29 is 14.5 Å². The fourth-order valence-electron chi connectivity index (χ4n) is 1.58. The van der Waals surface area contributed by atoms with Crippen LogP contribution in [-0.4, -0.2) is 15.6 Å². The summed E-state index contributed by atoms with van der Waals surface area (Å²) in [6.45, 7) is 0.00745. The van der Waals surface area contributed by atoms with E-state index in [0.29, 0.717) is 0 Å². The van der Waals surface area contributed by atoms with Gasteiger partial charge in [-0.1, -0.05) is 0 Å². The van der Waals surface area contributed by atoms with Crippen molar-refractivity contribution in [3.05, 3.63) is 30.6 Å². The van der Waals surface area contributed by atoms with Crippen LogP contribution >= 0.6 is 0 Å². The van der Waals surface area contributed by atoms with Crippen molar-refractivity contribution in [2.75, 3.05) is 0 Å². The van der Waals surface area contributed by atoms with E-state index in [-0.39, 0.29) is 6.54 Å². The summed E-state index contributed by atoms with van der Waals surface area (Å²) in [4.78, 5) is 10.6. The SMILES string of the molecule is C[n+]1cccc2c1ccn2CC(=O)O. The molecule has 0 radical (unpaired) electrons. The number of nitrogens with zero attached hydrogens (tertiary/aromatic N) is 2. The molecule has 0 unspecified atom stereocenters. The normalized spacial score (nSPS) is 10.6. The zero-order valence-electron chi connectivity index (χ0n) is 7.84. The van der Waals surface area contributed by atoms with Gasteiger partial charge in [0.15, 0.2) is 6.20 Å². The Labute approximate surface area is 81.0 Å². The van der Waals surface area contributed by atoms with Gasteiger partial charge in [-0.05, 0) is 6.07 Å². The molecule has 0 atom stereocenters. The maximum Gasteiger partial charge on any atom is 0.323 e. The summed E-state index contributed by atoms with van der Waals surface area (Å²) in [5.41, 5.74) is 1.98. The number of carboxylic acids is 1. The lowest BCUT2D eigenvalue weighted by molar-refractivity contribution is -0.644. The maximum atomic E-state index is 10.6. The molecule has 2 aromatic rings. The van der Waals surface area contributed by atoms with Gasteiger partial charge in [0.1, 0.15) is 19.1 Å². The molecule has 0 spiro atoms. The van der Waals surface area contributed by atoms with Crippen LogP contribution in [0.5, 0.6) is 0 Å². The van der Waals surface area contributed by atoms with Crippen molar-refractivity contribution >= 4 is 17.0 Å². The maximum absolute atomic E-state index is 10.6. The Morgan fingerprint density at radius 3 is 3.07 bits per heavy atom. The highest BCUT2D eigenvalue weighted by Gasteiger charge is 2.09. The van der Waals surface area contributed by atoms with Gasteiger partial charge in [-0.15, -0.1) is 0 Å². The van der Waals surface area contributed by atoms with Crippen molar-refractivity contribution in [3.8, 4) is 0 Å². The van der Waals surface area contributed by atoms with E-state index >= 15 is 0 Å². The van der Waals surface area contributed by atoms with Crippen LogP contribution in [0.15, 0.2) is 30.6 Å². The topological polar surface area (TPSA) is 46.1 Å². The van der Waals surface area contributed by atoms with Crippen molar-refractivity contribution in [1.82, 2.24) is 4.57 Å². The van der Waals surface area contributed by atoms with Gasteiger partial charge < -0.3 is 9.67 Å². The van der Waals surface area contributed by atoms with Gasteiger partial charge in [0.2, 0.25) is 5.52 Å². The van der Waals surface area contributed by atoms with E-state index in [1.165, 1.54) is 0 Å². The Balaban J connectivity index is 2.58. The first-order chi connectivity index (χ1) is 6.68. The second-order valence-electron chi connectivity index (χ2n) is 3.23. The highest BCUT2D eigenvalue weighted by Crippen LogP contribution is 2.10. The minimum atomic E-state index is -0.825. The third-order valence-corrected chi connectivity index (χ3v) is 2.23. The van der Waals surface area contributed by atoms with Crippen LogP contribution in [0.1, 0.15) is 0 Å². The first kappa shape index (κ1) is 8.74. The van der Waals surface area contributed by atoms with E-state index in [0.717, 1.165) is 11.0 Å². The number of hydrogen-bond donors (Lipinski definition) is 1. The minimum Gasteiger partial charge on any atom is -0.480 e. The molecule has 0 aliphatic rings. The molecule has 72 valence electrons. The Hall–Kier alpha value is -1.84. The lowest BCUT2D eigenvalue weighted by Crippen LogP contribution is -2.27. The van der Waals surface area contributed by atoms with Crippen LogP contribution in [0.2, 0.25) is 0 Å². The molecule has 0 fully saturated rings. The van der Waals surface area contributed by atoms with Crippen molar-refractivity contribution in [2.45, 2.75) is 6.54 Å². The highest BCUT2D eigenvalue weighted by atomic mass is 16.4. The summed E-state index contributed by atoms with van der Waals surface area (Å²) in [6, 6.07) is 5.73. The zero-order chi connectivity index (χ0) is 10.1. The summed E-state index contributed by atoms with van der Waals surface area (Å²) < 4.78 is 3.69. The van der Waals surface area contributed by atoms with Gasteiger partial charge in [-0.2, -0.15) is 4.57 Å². The molecule has 1 N–H and O–H groups in total. The first-order valence-electron chi connectivity index (χ1n) is 4.34. The average molecular weight is 191 g/mol. The molecule has 2 rings (SSSR count). The van der Waals surface area contributed by atoms with E-state index in [9.17, 15) is 4.79 Å². The molecule has 0 amide bonds. The minimum absolute atomic E-state index is 0.00745. The van der Waals surface area contributed by atoms with Gasteiger partial charge in [-0.3, -0.25) is 4.79 Å². The standard InChI is InChI=1S/C10H10N2O2/c1-11-5-2-3-9-8(11)4-6-12(9)7-10(13)14/h2-6H,7H2,1H3/p+1. The summed E-state index contributed by atoms with van der Waals surface area (Å²) in [5, 5.41) is 8.69. The van der Waals surface area contributed by atoms with Crippen LogP contribution in [0.25, 0.3) is 11.0 Å². The largest absolute Gasteiger partial charge is 0.480 e. The summed E-state index contributed by atoms with van der Waals surface area (Å²) >= 11 is 0. The van der Waals surface area contributed by atoms with Crippen LogP contribution in [0, 0.1) is 0 Å². The number of fused-ring (bicyclic) bond motifs is 1. The number of carbonyl (C=O) groups is 1. The molecule has 14 heavy (non-hydrogen) atoms. The van der Waals surface area contributed by atoms with Crippen molar-refractivity contribution in [2.24, 2.45) is 7.05 Å². The number of aryl methyl sites for hydroxylation is 1. The molecule has 4 nitrogen and oxygen atoms in total. The summed E-state index contributed by atoms with van der Waals surface area (Å²) in [6.07, 6.45) is 3.73. The quantitative estimate of drug-likeness (QED) is 0.704. The Kier molecular flexibility index (Phi) is 1.96. The molecule has 2 heterocycles. The van der Waals surface area contributed by atoms with E-state index in [1.807, 2.05) is 36.0 Å². The van der Waals surface area contributed by atoms with Gasteiger partial charge in [-0.25, -0.2) is 0 Å². The second-order valence-corrected chi connectivity index (χ2v) is 3.23. The molecule has 0 aliphatic carbocycles. The number of rotatable bonds is 2. The summed E-state index contributed by atoms with van der Waals surface area (Å²) in [5.74, 6) is -0.825. The number of hydrogen-bond acceptors (Lipinski definition) is 1. The molecule has 2 aromatic heterocycles. The number of aromatic nitrogens is 2. The van der Waals surface area contributed by atoms with Crippen molar-refractivity contribution in [3.63, 3.8) is 0 Å². The third kappa shape index (κ3) is 1.35. The van der Waals surface area contributed by atoms with Crippen LogP contribution in [0.4, 0.5) is 0 Å². The van der Waals surface area contributed by atoms with E-state index in [2.05, 4.69) is 0 Å². The van der Waals surface area contributed by atoms with Crippen LogP contribution in [-0.2, 0) is 18.4 Å². The molecule has 0 aliphatic heterocycles. The fraction of sp³-hybridized carbons (Fsp3) is 0.200. The number of aliphatic carboxylic acids is 1. The molecule has 0 aromatic carbocycles. The zero-order valence-corrected chi connectivity index (χ0v) is 7.84. The number of pyridine rings is 1. The van der Waals surface area contributed by atoms with Crippen molar-refractivity contribution in [1.29, 1.82) is 0 Å². The lowest BCUT2D eigenvalue weighted by atomic mass is 10.4. The monoisotopic (exact) mass is 191 g/mol. The Morgan fingerprint density at radius 2 is 2.36 bits per heavy atom. The van der Waals surface area contributed by atoms with Gasteiger partial charge >= 0.3 is 5.97 Å². The van der Waals surface area contributed by atoms with E-state index < -0.39 is 5.97 Å². The van der Waals surface area contributed by atoms with Gasteiger partial charge in [0, 0.05) is 18.3 Å². The number of carboxylic acid groups (broad SMARTS) is 1. The molecule has 4 heteroatoms. The van der Waals surface area contributed by atoms with Gasteiger partial charge in [0.05, 0.1) is 0 Å². The smallest absolute Gasteiger partial charge is 0.323 e. The lowest BCUT2D eigenvalue weighted by Gasteiger charge is -1.98. The molecular formula is C10H11N2O2+. The predicted molar refractivity (Wildman–Crippen MR) is 50.7 cm³/mol. The van der Waals surface area contributed by atoms with Gasteiger partial charge in [0.25, 0.3) is 0 Å². The predicted octanol–water partition coefficient (Wildman–Crippen LogP) is 0.550. The fourth-order valence-corrected chi connectivity index (χ4v) is 1.58. The Morgan fingerprint density at radius 1 is 1.57 bits per heavy atom. The second kappa shape index (κ2) is 3.14. The summed E-state index contributed by atoms with van der Waals surface area (Å²) in [7, 11) is 1.94. The molecule has 0 bridgehead atoms. The molecular weight excluding hydrogens is 180 g/mol. The van der Waals surface area contributed by atoms with E-state index in [1.54, 1.807) is 10.8 Å². The van der Waals surface area contributed by atoms with E-state index in [4.69, 9.17) is 5.11 Å². The average Bonchev–Trinajstić information content (AvgIpc) is 2.49. The molecule has 0 saturated carbocycles. The molecule has 0 saturated heterocycles. The van der Waals surface area contributed by atoms with Crippen LogP contribution in [0.3, 0.4) is 0 Å². The third-order valence-electron chi connectivity index (χ3n) is 2.23.